The van der Waals surface area contributed by atoms with Gasteiger partial charge in [0.1, 0.15) is 11.4 Å². The second-order valence-electron chi connectivity index (χ2n) is 3.40. The van der Waals surface area contributed by atoms with E-state index in [2.05, 4.69) is 10.4 Å². The summed E-state index contributed by atoms with van der Waals surface area (Å²) in [4.78, 5) is 24.2. The number of nitrogen functional groups attached to an aromatic ring is 1. The van der Waals surface area contributed by atoms with Gasteiger partial charge in [0.15, 0.2) is 0 Å². The van der Waals surface area contributed by atoms with Crippen molar-refractivity contribution in [3.8, 4) is 0 Å². The first-order valence-corrected chi connectivity index (χ1v) is 4.71. The molecule has 0 aliphatic carbocycles. The number of likely N-dealkylation sites (N-methyl/N-ethyl adjacent to an activating group) is 2. The van der Waals surface area contributed by atoms with Crippen molar-refractivity contribution < 1.29 is 9.59 Å². The van der Waals surface area contributed by atoms with Crippen molar-refractivity contribution >= 4 is 17.6 Å². The molecule has 0 aliphatic heterocycles. The monoisotopic (exact) mass is 225 g/mol. The lowest BCUT2D eigenvalue weighted by Crippen LogP contribution is -2.37. The largest absolute Gasteiger partial charge is 0.383 e. The van der Waals surface area contributed by atoms with Gasteiger partial charge in [-0.2, -0.15) is 5.10 Å². The van der Waals surface area contributed by atoms with E-state index in [0.717, 1.165) is 0 Å². The predicted octanol–water partition coefficient (Wildman–Crippen LogP) is -1.18. The molecule has 1 rings (SSSR count). The van der Waals surface area contributed by atoms with Crippen molar-refractivity contribution in [1.82, 2.24) is 20.0 Å². The van der Waals surface area contributed by atoms with Crippen LogP contribution < -0.4 is 11.1 Å². The normalized spacial score (nSPS) is 9.94. The van der Waals surface area contributed by atoms with Gasteiger partial charge in [0.2, 0.25) is 5.91 Å². The number of rotatable bonds is 3. The van der Waals surface area contributed by atoms with Crippen molar-refractivity contribution in [2.45, 2.75) is 0 Å². The summed E-state index contributed by atoms with van der Waals surface area (Å²) in [5.41, 5.74) is 5.96. The van der Waals surface area contributed by atoms with Crippen molar-refractivity contribution in [2.75, 3.05) is 26.4 Å². The number of carbonyl (C=O) groups excluding carboxylic acids is 2. The van der Waals surface area contributed by atoms with Gasteiger partial charge in [-0.25, -0.2) is 0 Å². The SMILES string of the molecule is CNC(=O)CN(C)C(=O)c1cnn(C)c1N. The van der Waals surface area contributed by atoms with Crippen LogP contribution in [-0.4, -0.2) is 47.1 Å². The Labute approximate surface area is 93.2 Å². The van der Waals surface area contributed by atoms with Crippen LogP contribution >= 0.6 is 0 Å². The molecule has 3 N–H and O–H groups in total. The molecule has 7 heteroatoms. The van der Waals surface area contributed by atoms with Crippen molar-refractivity contribution in [3.63, 3.8) is 0 Å². The highest BCUT2D eigenvalue weighted by Gasteiger charge is 2.19. The molecule has 0 bridgehead atoms. The third-order valence-electron chi connectivity index (χ3n) is 2.22. The number of aromatic nitrogens is 2. The smallest absolute Gasteiger partial charge is 0.259 e. The van der Waals surface area contributed by atoms with Crippen molar-refractivity contribution in [3.05, 3.63) is 11.8 Å². The number of nitrogens with one attached hydrogen (secondary N) is 1. The third kappa shape index (κ3) is 2.30. The topological polar surface area (TPSA) is 93.2 Å². The molecular formula is C9H15N5O2. The van der Waals surface area contributed by atoms with Gasteiger partial charge in [0.25, 0.3) is 5.91 Å². The molecule has 0 fully saturated rings. The average Bonchev–Trinajstić information content (AvgIpc) is 2.58. The van der Waals surface area contributed by atoms with Gasteiger partial charge in [-0.3, -0.25) is 14.3 Å². The average molecular weight is 225 g/mol. The Balaban J connectivity index is 2.78. The Morgan fingerprint density at radius 3 is 2.69 bits per heavy atom. The summed E-state index contributed by atoms with van der Waals surface area (Å²) < 4.78 is 1.40. The van der Waals surface area contributed by atoms with E-state index in [9.17, 15) is 9.59 Å². The van der Waals surface area contributed by atoms with Crippen LogP contribution in [0.1, 0.15) is 10.4 Å². The lowest BCUT2D eigenvalue weighted by Gasteiger charge is -2.15. The number of hydrogen-bond acceptors (Lipinski definition) is 4. The van der Waals surface area contributed by atoms with Gasteiger partial charge in [-0.15, -0.1) is 0 Å². The zero-order valence-corrected chi connectivity index (χ0v) is 9.52. The second kappa shape index (κ2) is 4.65. The fraction of sp³-hybridized carbons (Fsp3) is 0.444. The quantitative estimate of drug-likeness (QED) is 0.677. The Bertz CT molecular complexity index is 412. The Hall–Kier alpha value is -2.05. The molecule has 0 saturated carbocycles. The van der Waals surface area contributed by atoms with Crippen LogP contribution in [-0.2, 0) is 11.8 Å². The van der Waals surface area contributed by atoms with E-state index >= 15 is 0 Å². The van der Waals surface area contributed by atoms with E-state index in [0.29, 0.717) is 5.56 Å². The van der Waals surface area contributed by atoms with Crippen molar-refractivity contribution in [2.24, 2.45) is 7.05 Å². The molecule has 0 atom stereocenters. The molecule has 0 aromatic carbocycles. The summed E-state index contributed by atoms with van der Waals surface area (Å²) in [6, 6.07) is 0. The van der Waals surface area contributed by atoms with E-state index in [1.165, 1.54) is 29.9 Å². The zero-order chi connectivity index (χ0) is 12.3. The first-order chi connectivity index (χ1) is 7.47. The summed E-state index contributed by atoms with van der Waals surface area (Å²) in [5, 5.41) is 6.30. The van der Waals surface area contributed by atoms with E-state index in [4.69, 9.17) is 5.73 Å². The predicted molar refractivity (Wildman–Crippen MR) is 58.6 cm³/mol. The maximum absolute atomic E-state index is 11.8. The highest BCUT2D eigenvalue weighted by Crippen LogP contribution is 2.11. The molecule has 2 amide bonds. The molecule has 0 radical (unpaired) electrons. The molecule has 0 spiro atoms. The fourth-order valence-electron chi connectivity index (χ4n) is 1.18. The molecular weight excluding hydrogens is 210 g/mol. The molecule has 88 valence electrons. The number of aryl methyl sites for hydroxylation is 1. The molecule has 0 aliphatic rings. The number of nitrogens with zero attached hydrogens (tertiary/aromatic N) is 3. The highest BCUT2D eigenvalue weighted by atomic mass is 16.2. The maximum Gasteiger partial charge on any atom is 0.259 e. The summed E-state index contributed by atoms with van der Waals surface area (Å²) >= 11 is 0. The van der Waals surface area contributed by atoms with Crippen LogP contribution in [0.5, 0.6) is 0 Å². The van der Waals surface area contributed by atoms with Crippen LogP contribution in [0.3, 0.4) is 0 Å². The molecule has 1 heterocycles. The molecule has 0 unspecified atom stereocenters. The van der Waals surface area contributed by atoms with E-state index in [1.807, 2.05) is 0 Å². The third-order valence-corrected chi connectivity index (χ3v) is 2.22. The van der Waals surface area contributed by atoms with Crippen LogP contribution in [0.15, 0.2) is 6.20 Å². The van der Waals surface area contributed by atoms with E-state index in [1.54, 1.807) is 7.05 Å². The summed E-state index contributed by atoms with van der Waals surface area (Å²) in [7, 11) is 4.69. The van der Waals surface area contributed by atoms with Gasteiger partial charge >= 0.3 is 0 Å². The number of carbonyl (C=O) groups is 2. The second-order valence-corrected chi connectivity index (χ2v) is 3.40. The molecule has 1 aromatic rings. The summed E-state index contributed by atoms with van der Waals surface area (Å²) in [6.45, 7) is -0.0103. The standard InChI is InChI=1S/C9H15N5O2/c1-11-7(15)5-13(2)9(16)6-4-12-14(3)8(6)10/h4H,5,10H2,1-3H3,(H,11,15). The molecule has 1 aromatic heterocycles. The maximum atomic E-state index is 11.8. The Kier molecular flexibility index (Phi) is 3.49. The first kappa shape index (κ1) is 12.0. The first-order valence-electron chi connectivity index (χ1n) is 4.71. The molecule has 7 nitrogen and oxygen atoms in total. The summed E-state index contributed by atoms with van der Waals surface area (Å²) in [6.07, 6.45) is 1.39. The molecule has 0 saturated heterocycles. The van der Waals surface area contributed by atoms with Crippen LogP contribution in [0.4, 0.5) is 5.82 Å². The lowest BCUT2D eigenvalue weighted by molar-refractivity contribution is -0.121. The lowest BCUT2D eigenvalue weighted by atomic mass is 10.3. The minimum Gasteiger partial charge on any atom is -0.383 e. The fourth-order valence-corrected chi connectivity index (χ4v) is 1.18. The van der Waals surface area contributed by atoms with Crippen LogP contribution in [0.25, 0.3) is 0 Å². The number of amides is 2. The Morgan fingerprint density at radius 2 is 2.25 bits per heavy atom. The molecule has 16 heavy (non-hydrogen) atoms. The van der Waals surface area contributed by atoms with E-state index < -0.39 is 0 Å². The zero-order valence-electron chi connectivity index (χ0n) is 9.52. The van der Waals surface area contributed by atoms with Crippen molar-refractivity contribution in [1.29, 1.82) is 0 Å². The van der Waals surface area contributed by atoms with Gasteiger partial charge in [0, 0.05) is 21.1 Å². The van der Waals surface area contributed by atoms with Crippen LogP contribution in [0, 0.1) is 0 Å². The number of anilines is 1. The highest BCUT2D eigenvalue weighted by molar-refractivity contribution is 5.99. The Morgan fingerprint density at radius 1 is 1.62 bits per heavy atom. The van der Waals surface area contributed by atoms with Gasteiger partial charge in [-0.05, 0) is 0 Å². The van der Waals surface area contributed by atoms with Crippen LogP contribution in [0.2, 0.25) is 0 Å². The van der Waals surface area contributed by atoms with E-state index in [-0.39, 0.29) is 24.2 Å². The summed E-state index contributed by atoms with van der Waals surface area (Å²) in [5.74, 6) is -0.277. The minimum atomic E-state index is -0.325. The number of hydrogen-bond donors (Lipinski definition) is 2. The van der Waals surface area contributed by atoms with Gasteiger partial charge < -0.3 is 16.0 Å². The van der Waals surface area contributed by atoms with Gasteiger partial charge in [-0.1, -0.05) is 0 Å². The minimum absolute atomic E-state index is 0.0103. The number of nitrogens with two attached hydrogens (primary N) is 1. The van der Waals surface area contributed by atoms with Gasteiger partial charge in [0.05, 0.1) is 12.7 Å².